The fraction of sp³-hybridized carbons (Fsp3) is 0.294. The van der Waals surface area contributed by atoms with Gasteiger partial charge in [0.1, 0.15) is 0 Å². The normalized spacial score (nSPS) is 12.6. The average Bonchev–Trinajstić information content (AvgIpc) is 2.99. The molecule has 0 bridgehead atoms. The number of hydrogen-bond acceptors (Lipinski definition) is 4. The van der Waals surface area contributed by atoms with Crippen molar-refractivity contribution in [3.63, 3.8) is 0 Å². The summed E-state index contributed by atoms with van der Waals surface area (Å²) in [6.07, 6.45) is 0. The molecule has 0 unspecified atom stereocenters. The third kappa shape index (κ3) is 3.97. The Bertz CT molecular complexity index is 572. The van der Waals surface area contributed by atoms with Crippen molar-refractivity contribution in [2.45, 2.75) is 13.2 Å². The topological polar surface area (TPSA) is 39.7 Å². The zero-order valence-corrected chi connectivity index (χ0v) is 11.9. The fourth-order valence-corrected chi connectivity index (χ4v) is 2.19. The van der Waals surface area contributed by atoms with Crippen LogP contribution in [-0.4, -0.2) is 19.9 Å². The van der Waals surface area contributed by atoms with Crippen molar-refractivity contribution in [1.82, 2.24) is 5.32 Å². The smallest absolute Gasteiger partial charge is 0.231 e. The molecule has 0 spiro atoms. The van der Waals surface area contributed by atoms with Gasteiger partial charge in [0.05, 0.1) is 13.2 Å². The molecule has 1 aliphatic rings. The summed E-state index contributed by atoms with van der Waals surface area (Å²) < 4.78 is 16.3. The number of fused-ring (bicyclic) bond motifs is 1. The lowest BCUT2D eigenvalue weighted by atomic mass is 10.2. The second-order valence-corrected chi connectivity index (χ2v) is 4.90. The van der Waals surface area contributed by atoms with Crippen molar-refractivity contribution >= 4 is 0 Å². The van der Waals surface area contributed by atoms with Crippen LogP contribution in [0.3, 0.4) is 0 Å². The molecular weight excluding hydrogens is 266 g/mol. The van der Waals surface area contributed by atoms with Crippen molar-refractivity contribution in [2.75, 3.05) is 19.9 Å². The van der Waals surface area contributed by atoms with Gasteiger partial charge in [-0.15, -0.1) is 0 Å². The minimum atomic E-state index is 0.309. The van der Waals surface area contributed by atoms with E-state index in [0.717, 1.165) is 30.2 Å². The van der Waals surface area contributed by atoms with Gasteiger partial charge in [-0.1, -0.05) is 36.4 Å². The lowest BCUT2D eigenvalue weighted by molar-refractivity contribution is 0.122. The molecule has 0 saturated heterocycles. The summed E-state index contributed by atoms with van der Waals surface area (Å²) >= 11 is 0. The predicted molar refractivity (Wildman–Crippen MR) is 80.4 cm³/mol. The second-order valence-electron chi connectivity index (χ2n) is 4.90. The summed E-state index contributed by atoms with van der Waals surface area (Å²) in [6.45, 7) is 3.28. The van der Waals surface area contributed by atoms with Crippen LogP contribution in [0.2, 0.25) is 0 Å². The molecule has 4 heteroatoms. The van der Waals surface area contributed by atoms with Gasteiger partial charge in [-0.05, 0) is 23.3 Å². The van der Waals surface area contributed by atoms with E-state index in [9.17, 15) is 0 Å². The summed E-state index contributed by atoms with van der Waals surface area (Å²) in [6, 6.07) is 16.2. The van der Waals surface area contributed by atoms with E-state index in [0.29, 0.717) is 20.0 Å². The van der Waals surface area contributed by atoms with Crippen LogP contribution in [0.25, 0.3) is 0 Å². The molecule has 21 heavy (non-hydrogen) atoms. The van der Waals surface area contributed by atoms with Crippen LogP contribution in [0.5, 0.6) is 11.5 Å². The van der Waals surface area contributed by atoms with Gasteiger partial charge in [-0.2, -0.15) is 0 Å². The number of nitrogens with one attached hydrogen (secondary N) is 1. The molecule has 3 rings (SSSR count). The zero-order valence-electron chi connectivity index (χ0n) is 11.9. The molecule has 0 fully saturated rings. The van der Waals surface area contributed by atoms with Crippen molar-refractivity contribution in [3.05, 3.63) is 59.7 Å². The third-order valence-corrected chi connectivity index (χ3v) is 3.30. The van der Waals surface area contributed by atoms with Crippen molar-refractivity contribution in [1.29, 1.82) is 0 Å². The highest BCUT2D eigenvalue weighted by Gasteiger charge is 2.12. The zero-order chi connectivity index (χ0) is 14.3. The largest absolute Gasteiger partial charge is 0.454 e. The van der Waals surface area contributed by atoms with E-state index >= 15 is 0 Å². The first-order valence-electron chi connectivity index (χ1n) is 7.13. The Labute approximate surface area is 124 Å². The minimum absolute atomic E-state index is 0.309. The summed E-state index contributed by atoms with van der Waals surface area (Å²) in [5.74, 6) is 1.61. The quantitative estimate of drug-likeness (QED) is 0.794. The highest BCUT2D eigenvalue weighted by molar-refractivity contribution is 5.44. The molecule has 0 atom stereocenters. The summed E-state index contributed by atoms with van der Waals surface area (Å²) in [5, 5.41) is 3.36. The van der Waals surface area contributed by atoms with E-state index < -0.39 is 0 Å². The molecule has 0 amide bonds. The van der Waals surface area contributed by atoms with Gasteiger partial charge in [0.15, 0.2) is 11.5 Å². The van der Waals surface area contributed by atoms with E-state index in [1.54, 1.807) is 0 Å². The average molecular weight is 285 g/mol. The molecule has 4 nitrogen and oxygen atoms in total. The monoisotopic (exact) mass is 285 g/mol. The molecule has 2 aromatic carbocycles. The Balaban J connectivity index is 1.33. The van der Waals surface area contributed by atoms with E-state index in [-0.39, 0.29) is 0 Å². The molecule has 1 aliphatic heterocycles. The standard InChI is InChI=1S/C17H19NO3/c1-2-4-14(5-3-1)11-18-8-9-19-12-15-6-7-16-17(10-15)21-13-20-16/h1-7,10,18H,8-9,11-13H2. The van der Waals surface area contributed by atoms with Crippen LogP contribution in [0.1, 0.15) is 11.1 Å². The fourth-order valence-electron chi connectivity index (χ4n) is 2.19. The number of ether oxygens (including phenoxy) is 3. The molecular formula is C17H19NO3. The molecule has 110 valence electrons. The second kappa shape index (κ2) is 7.11. The van der Waals surface area contributed by atoms with Crippen LogP contribution in [0, 0.1) is 0 Å². The van der Waals surface area contributed by atoms with Crippen molar-refractivity contribution < 1.29 is 14.2 Å². The molecule has 0 aromatic heterocycles. The van der Waals surface area contributed by atoms with Gasteiger partial charge in [-0.3, -0.25) is 0 Å². The third-order valence-electron chi connectivity index (χ3n) is 3.30. The maximum atomic E-state index is 5.66. The SMILES string of the molecule is c1ccc(CNCCOCc2ccc3c(c2)OCO3)cc1. The minimum Gasteiger partial charge on any atom is -0.454 e. The van der Waals surface area contributed by atoms with Gasteiger partial charge in [-0.25, -0.2) is 0 Å². The van der Waals surface area contributed by atoms with Crippen LogP contribution < -0.4 is 14.8 Å². The number of rotatable bonds is 7. The Morgan fingerprint density at radius 1 is 0.952 bits per heavy atom. The summed E-state index contributed by atoms with van der Waals surface area (Å²) in [5.41, 5.74) is 2.38. The molecule has 0 radical (unpaired) electrons. The van der Waals surface area contributed by atoms with Crippen molar-refractivity contribution in [3.8, 4) is 11.5 Å². The van der Waals surface area contributed by atoms with E-state index in [1.165, 1.54) is 5.56 Å². The highest BCUT2D eigenvalue weighted by atomic mass is 16.7. The molecule has 2 aromatic rings. The Morgan fingerprint density at radius 2 is 1.81 bits per heavy atom. The van der Waals surface area contributed by atoms with E-state index in [4.69, 9.17) is 14.2 Å². The lowest BCUT2D eigenvalue weighted by Gasteiger charge is -2.07. The first-order valence-corrected chi connectivity index (χ1v) is 7.13. The van der Waals surface area contributed by atoms with Gasteiger partial charge in [0, 0.05) is 13.1 Å². The van der Waals surface area contributed by atoms with Crippen LogP contribution >= 0.6 is 0 Å². The predicted octanol–water partition coefficient (Wildman–Crippen LogP) is 2.72. The first kappa shape index (κ1) is 13.9. The van der Waals surface area contributed by atoms with E-state index in [2.05, 4.69) is 17.4 Å². The Kier molecular flexibility index (Phi) is 4.71. The Hall–Kier alpha value is -2.04. The van der Waals surface area contributed by atoms with Crippen LogP contribution in [0.15, 0.2) is 48.5 Å². The first-order chi connectivity index (χ1) is 10.4. The van der Waals surface area contributed by atoms with Crippen LogP contribution in [-0.2, 0) is 17.9 Å². The van der Waals surface area contributed by atoms with Gasteiger partial charge >= 0.3 is 0 Å². The molecule has 0 saturated carbocycles. The van der Waals surface area contributed by atoms with E-state index in [1.807, 2.05) is 36.4 Å². The number of benzene rings is 2. The summed E-state index contributed by atoms with van der Waals surface area (Å²) in [7, 11) is 0. The molecule has 1 N–H and O–H groups in total. The number of hydrogen-bond donors (Lipinski definition) is 1. The Morgan fingerprint density at radius 3 is 2.71 bits per heavy atom. The van der Waals surface area contributed by atoms with Gasteiger partial charge in [0.2, 0.25) is 6.79 Å². The van der Waals surface area contributed by atoms with Gasteiger partial charge in [0.25, 0.3) is 0 Å². The van der Waals surface area contributed by atoms with Crippen LogP contribution in [0.4, 0.5) is 0 Å². The van der Waals surface area contributed by atoms with Crippen molar-refractivity contribution in [2.24, 2.45) is 0 Å². The summed E-state index contributed by atoms with van der Waals surface area (Å²) in [4.78, 5) is 0. The molecule has 1 heterocycles. The maximum Gasteiger partial charge on any atom is 0.231 e. The lowest BCUT2D eigenvalue weighted by Crippen LogP contribution is -2.19. The maximum absolute atomic E-state index is 5.66. The van der Waals surface area contributed by atoms with Gasteiger partial charge < -0.3 is 19.5 Å². The highest BCUT2D eigenvalue weighted by Crippen LogP contribution is 2.32. The molecule has 0 aliphatic carbocycles.